The molecule has 0 fully saturated rings. The second-order valence-corrected chi connectivity index (χ2v) is 7.31. The van der Waals surface area contributed by atoms with Crippen molar-refractivity contribution >= 4 is 18.9 Å². The molecule has 2 rings (SSSR count). The molecule has 1 unspecified atom stereocenters. The lowest BCUT2D eigenvalue weighted by atomic mass is 9.49. The summed E-state index contributed by atoms with van der Waals surface area (Å²) >= 11 is 0. The van der Waals surface area contributed by atoms with Gasteiger partial charge in [0.1, 0.15) is 12.0 Å². The number of rotatable bonds is 10. The topological polar surface area (TPSA) is 82.4 Å². The summed E-state index contributed by atoms with van der Waals surface area (Å²) in [4.78, 5) is 25.6. The maximum Gasteiger partial charge on any atom is 0.276 e. The average molecular weight is 383 g/mol. The van der Waals surface area contributed by atoms with E-state index in [1.165, 1.54) is 0 Å². The molecular weight excluding hydrogens is 353 g/mol. The molecule has 1 aromatic carbocycles. The van der Waals surface area contributed by atoms with Crippen molar-refractivity contribution in [2.24, 2.45) is 0 Å². The molecule has 1 amide bonds. The van der Waals surface area contributed by atoms with Crippen LogP contribution in [0.4, 0.5) is 0 Å². The molecule has 0 bridgehead atoms. The smallest absolute Gasteiger partial charge is 0.276 e. The minimum Gasteiger partial charge on any atom is -0.496 e. The van der Waals surface area contributed by atoms with E-state index >= 15 is 0 Å². The first kappa shape index (κ1) is 22.0. The molecule has 0 spiro atoms. The summed E-state index contributed by atoms with van der Waals surface area (Å²) in [5.74, 6) is 3.06. The predicted molar refractivity (Wildman–Crippen MR) is 111 cm³/mol. The van der Waals surface area contributed by atoms with Gasteiger partial charge < -0.3 is 19.7 Å². The summed E-state index contributed by atoms with van der Waals surface area (Å²) in [6.07, 6.45) is 3.48. The van der Waals surface area contributed by atoms with Crippen molar-refractivity contribution in [3.8, 4) is 11.7 Å². The van der Waals surface area contributed by atoms with Gasteiger partial charge in [0.2, 0.25) is 0 Å². The van der Waals surface area contributed by atoms with Crippen LogP contribution in [-0.4, -0.2) is 50.0 Å². The zero-order valence-corrected chi connectivity index (χ0v) is 17.4. The number of ether oxygens (including phenoxy) is 1. The van der Waals surface area contributed by atoms with Gasteiger partial charge in [-0.05, 0) is 57.0 Å². The molecule has 1 aromatic rings. The first-order valence-corrected chi connectivity index (χ1v) is 10.1. The highest BCUT2D eigenvalue weighted by atomic mass is 16.5. The van der Waals surface area contributed by atoms with Crippen molar-refractivity contribution in [1.82, 2.24) is 10.2 Å². The number of carbonyl (C=O) groups excluding carboxylic acids is 2. The first-order valence-electron chi connectivity index (χ1n) is 10.1. The lowest BCUT2D eigenvalue weighted by Crippen LogP contribution is -2.33. The number of nitrogens with zero attached hydrogens (tertiary/aromatic N) is 2. The van der Waals surface area contributed by atoms with Crippen molar-refractivity contribution in [3.63, 3.8) is 0 Å². The van der Waals surface area contributed by atoms with Gasteiger partial charge in [-0.1, -0.05) is 0 Å². The van der Waals surface area contributed by atoms with Crippen molar-refractivity contribution in [2.75, 3.05) is 20.2 Å². The monoisotopic (exact) mass is 383 g/mol. The molecule has 1 heterocycles. The number of nitriles is 1. The number of carbonyl (C=O) groups is 2. The van der Waals surface area contributed by atoms with Crippen LogP contribution >= 0.6 is 0 Å². The molecule has 6 nitrogen and oxygen atoms in total. The number of fused-ring (bicyclic) bond motifs is 1. The molecule has 0 radical (unpaired) electrons. The van der Waals surface area contributed by atoms with Crippen LogP contribution in [0.5, 0.6) is 5.75 Å². The standard InChI is InChI=1S/C21H30BN3O3/c1-5-25(6-2)21(27)17-10-16-11-22(14-23)12-18(16)20(28-4)19(17)13-24-15(3)8-7-9-26/h9-10,15,24H,5-8,11-13H2,1-4H3. The summed E-state index contributed by atoms with van der Waals surface area (Å²) in [6.45, 7) is 7.65. The number of nitrogens with one attached hydrogen (secondary N) is 1. The van der Waals surface area contributed by atoms with E-state index in [-0.39, 0.29) is 18.7 Å². The molecule has 28 heavy (non-hydrogen) atoms. The molecule has 0 aromatic heterocycles. The van der Waals surface area contributed by atoms with Gasteiger partial charge in [0.05, 0.1) is 7.11 Å². The Morgan fingerprint density at radius 2 is 2.14 bits per heavy atom. The van der Waals surface area contributed by atoms with Crippen molar-refractivity contribution in [2.45, 2.75) is 58.8 Å². The van der Waals surface area contributed by atoms with Crippen LogP contribution < -0.4 is 10.1 Å². The third kappa shape index (κ3) is 4.74. The first-order chi connectivity index (χ1) is 13.5. The highest BCUT2D eigenvalue weighted by Gasteiger charge is 2.32. The van der Waals surface area contributed by atoms with E-state index in [2.05, 4.69) is 11.3 Å². The van der Waals surface area contributed by atoms with Crippen molar-refractivity contribution < 1.29 is 14.3 Å². The zero-order chi connectivity index (χ0) is 20.7. The fourth-order valence-corrected chi connectivity index (χ4v) is 3.87. The summed E-state index contributed by atoms with van der Waals surface area (Å²) in [5.41, 5.74) is 3.57. The van der Waals surface area contributed by atoms with Gasteiger partial charge in [-0.15, -0.1) is 0 Å². The van der Waals surface area contributed by atoms with Crippen LogP contribution in [0.3, 0.4) is 0 Å². The van der Waals surface area contributed by atoms with Gasteiger partial charge in [0.15, 0.2) is 0 Å². The molecule has 150 valence electrons. The molecule has 7 heteroatoms. The summed E-state index contributed by atoms with van der Waals surface area (Å²) in [6, 6.07) is 2.11. The molecule has 1 aliphatic heterocycles. The Kier molecular flexibility index (Phi) is 8.07. The van der Waals surface area contributed by atoms with Gasteiger partial charge in [-0.25, -0.2) is 5.26 Å². The Balaban J connectivity index is 2.45. The molecule has 0 saturated carbocycles. The number of aldehydes is 1. The van der Waals surface area contributed by atoms with Crippen molar-refractivity contribution in [1.29, 1.82) is 5.26 Å². The average Bonchev–Trinajstić information content (AvgIpc) is 3.13. The number of amides is 1. The third-order valence-corrected chi connectivity index (χ3v) is 5.51. The fourth-order valence-electron chi connectivity index (χ4n) is 3.87. The summed E-state index contributed by atoms with van der Waals surface area (Å²) in [5, 5.41) is 12.8. The van der Waals surface area contributed by atoms with E-state index in [0.717, 1.165) is 35.1 Å². The second kappa shape index (κ2) is 10.3. The maximum atomic E-state index is 13.2. The SMILES string of the molecule is CCN(CC)C(=O)c1cc2c(c(OC)c1CNC(C)CCC=O)CB(C#N)C2. The van der Waals surface area contributed by atoms with Crippen LogP contribution in [0, 0.1) is 11.2 Å². The maximum absolute atomic E-state index is 13.2. The number of hydrogen-bond acceptors (Lipinski definition) is 5. The highest BCUT2D eigenvalue weighted by molar-refractivity contribution is 6.67. The lowest BCUT2D eigenvalue weighted by molar-refractivity contribution is -0.108. The summed E-state index contributed by atoms with van der Waals surface area (Å²) < 4.78 is 5.76. The Labute approximate surface area is 168 Å². The van der Waals surface area contributed by atoms with Gasteiger partial charge in [0.25, 0.3) is 12.6 Å². The number of hydrogen-bond donors (Lipinski definition) is 1. The van der Waals surface area contributed by atoms with Gasteiger partial charge in [-0.2, -0.15) is 0 Å². The lowest BCUT2D eigenvalue weighted by Gasteiger charge is -2.24. The van der Waals surface area contributed by atoms with Gasteiger partial charge in [0, 0.05) is 49.2 Å². The predicted octanol–water partition coefficient (Wildman–Crippen LogP) is 2.37. The number of benzene rings is 1. The van der Waals surface area contributed by atoms with E-state index in [1.54, 1.807) is 12.0 Å². The van der Waals surface area contributed by atoms with Gasteiger partial charge in [-0.3, -0.25) is 4.79 Å². The fraction of sp³-hybridized carbons (Fsp3) is 0.571. The Bertz CT molecular complexity index is 756. The molecule has 1 N–H and O–H groups in total. The highest BCUT2D eigenvalue weighted by Crippen LogP contribution is 2.36. The largest absolute Gasteiger partial charge is 0.496 e. The minimum atomic E-state index is -0.0740. The zero-order valence-electron chi connectivity index (χ0n) is 17.4. The Morgan fingerprint density at radius 3 is 2.71 bits per heavy atom. The minimum absolute atomic E-state index is 0.0103. The Hall–Kier alpha value is -2.33. The van der Waals surface area contributed by atoms with E-state index in [9.17, 15) is 14.9 Å². The Morgan fingerprint density at radius 1 is 1.43 bits per heavy atom. The normalized spacial score (nSPS) is 13.6. The van der Waals surface area contributed by atoms with Gasteiger partial charge >= 0.3 is 0 Å². The molecule has 0 saturated heterocycles. The third-order valence-electron chi connectivity index (χ3n) is 5.51. The van der Waals surface area contributed by atoms with E-state index in [1.807, 2.05) is 26.8 Å². The molecule has 0 aliphatic carbocycles. The number of methoxy groups -OCH3 is 1. The second-order valence-electron chi connectivity index (χ2n) is 7.31. The van der Waals surface area contributed by atoms with Crippen LogP contribution in [0.1, 0.15) is 60.7 Å². The van der Waals surface area contributed by atoms with Crippen molar-refractivity contribution in [3.05, 3.63) is 28.3 Å². The molecule has 1 atom stereocenters. The quantitative estimate of drug-likeness (QED) is 0.496. The van der Waals surface area contributed by atoms with Crippen LogP contribution in [-0.2, 0) is 24.0 Å². The van der Waals surface area contributed by atoms with E-state index in [0.29, 0.717) is 44.3 Å². The molecule has 1 aliphatic rings. The van der Waals surface area contributed by atoms with E-state index < -0.39 is 0 Å². The van der Waals surface area contributed by atoms with E-state index in [4.69, 9.17) is 4.74 Å². The van der Waals surface area contributed by atoms with Crippen LogP contribution in [0.2, 0.25) is 0 Å². The molecular formula is C21H30BN3O3. The summed E-state index contributed by atoms with van der Waals surface area (Å²) in [7, 11) is 1.63. The van der Waals surface area contributed by atoms with Crippen LogP contribution in [0.25, 0.3) is 0 Å². The van der Waals surface area contributed by atoms with Crippen LogP contribution in [0.15, 0.2) is 6.07 Å².